The highest BCUT2D eigenvalue weighted by Gasteiger charge is 2.19. The van der Waals surface area contributed by atoms with E-state index in [0.717, 1.165) is 0 Å². The van der Waals surface area contributed by atoms with Crippen molar-refractivity contribution >= 4 is 5.69 Å². The molecule has 2 heteroatoms. The van der Waals surface area contributed by atoms with Crippen LogP contribution in [-0.4, -0.2) is 17.2 Å². The SMILES string of the molecule is Cc1cc(-n2cccc2)ccc1N1CCCCC1C. The molecule has 0 saturated carbocycles. The van der Waals surface area contributed by atoms with Crippen molar-refractivity contribution in [1.82, 2.24) is 4.57 Å². The zero-order valence-electron chi connectivity index (χ0n) is 11.8. The molecule has 1 unspecified atom stereocenters. The summed E-state index contributed by atoms with van der Waals surface area (Å²) in [6.07, 6.45) is 8.20. The van der Waals surface area contributed by atoms with Gasteiger partial charge >= 0.3 is 0 Å². The molecule has 2 heterocycles. The minimum absolute atomic E-state index is 0.671. The summed E-state index contributed by atoms with van der Waals surface area (Å²) in [4.78, 5) is 2.57. The topological polar surface area (TPSA) is 8.17 Å². The summed E-state index contributed by atoms with van der Waals surface area (Å²) in [5, 5.41) is 0. The molecule has 0 amide bonds. The average molecular weight is 254 g/mol. The van der Waals surface area contributed by atoms with Crippen molar-refractivity contribution in [3.63, 3.8) is 0 Å². The first kappa shape index (κ1) is 12.3. The summed E-state index contributed by atoms with van der Waals surface area (Å²) >= 11 is 0. The van der Waals surface area contributed by atoms with E-state index in [4.69, 9.17) is 0 Å². The number of nitrogens with zero attached hydrogens (tertiary/aromatic N) is 2. The summed E-state index contributed by atoms with van der Waals surface area (Å²) in [5.74, 6) is 0. The Morgan fingerprint density at radius 2 is 1.89 bits per heavy atom. The first-order valence-electron chi connectivity index (χ1n) is 7.26. The maximum Gasteiger partial charge on any atom is 0.0453 e. The predicted molar refractivity (Wildman–Crippen MR) is 81.2 cm³/mol. The van der Waals surface area contributed by atoms with Crippen LogP contribution in [0.3, 0.4) is 0 Å². The zero-order valence-corrected chi connectivity index (χ0v) is 11.8. The number of hydrogen-bond donors (Lipinski definition) is 0. The lowest BCUT2D eigenvalue weighted by Gasteiger charge is -2.36. The molecule has 1 aromatic heterocycles. The van der Waals surface area contributed by atoms with Gasteiger partial charge in [-0.1, -0.05) is 0 Å². The molecule has 0 N–H and O–H groups in total. The minimum Gasteiger partial charge on any atom is -0.369 e. The number of rotatable bonds is 2. The Hall–Kier alpha value is -1.70. The molecule has 1 saturated heterocycles. The second-order valence-corrected chi connectivity index (χ2v) is 5.60. The van der Waals surface area contributed by atoms with Crippen LogP contribution in [0.4, 0.5) is 5.69 Å². The third-order valence-electron chi connectivity index (χ3n) is 4.20. The van der Waals surface area contributed by atoms with Gasteiger partial charge in [-0.3, -0.25) is 0 Å². The number of benzene rings is 1. The van der Waals surface area contributed by atoms with Crippen LogP contribution in [-0.2, 0) is 0 Å². The highest BCUT2D eigenvalue weighted by Crippen LogP contribution is 2.29. The maximum absolute atomic E-state index is 2.57. The van der Waals surface area contributed by atoms with Crippen LogP contribution in [0.2, 0.25) is 0 Å². The molecule has 1 aromatic carbocycles. The second kappa shape index (κ2) is 5.12. The third kappa shape index (κ3) is 2.40. The van der Waals surface area contributed by atoms with E-state index < -0.39 is 0 Å². The Balaban J connectivity index is 1.91. The van der Waals surface area contributed by atoms with Crippen molar-refractivity contribution in [1.29, 1.82) is 0 Å². The normalized spacial score (nSPS) is 19.7. The van der Waals surface area contributed by atoms with E-state index in [1.807, 2.05) is 0 Å². The molecule has 0 aliphatic carbocycles. The van der Waals surface area contributed by atoms with Gasteiger partial charge < -0.3 is 9.47 Å². The number of piperidine rings is 1. The van der Waals surface area contributed by atoms with E-state index in [9.17, 15) is 0 Å². The zero-order chi connectivity index (χ0) is 13.2. The fraction of sp³-hybridized carbons (Fsp3) is 0.412. The smallest absolute Gasteiger partial charge is 0.0453 e. The molecule has 2 nitrogen and oxygen atoms in total. The number of aromatic nitrogens is 1. The van der Waals surface area contributed by atoms with Crippen molar-refractivity contribution in [2.24, 2.45) is 0 Å². The van der Waals surface area contributed by atoms with Crippen molar-refractivity contribution in [3.05, 3.63) is 48.3 Å². The van der Waals surface area contributed by atoms with Gasteiger partial charge in [0.05, 0.1) is 0 Å². The average Bonchev–Trinajstić information content (AvgIpc) is 2.94. The van der Waals surface area contributed by atoms with Crippen LogP contribution >= 0.6 is 0 Å². The molecule has 19 heavy (non-hydrogen) atoms. The van der Waals surface area contributed by atoms with Gasteiger partial charge in [0, 0.05) is 36.4 Å². The summed E-state index contributed by atoms with van der Waals surface area (Å²) in [5.41, 5.74) is 4.03. The van der Waals surface area contributed by atoms with Gasteiger partial charge in [-0.25, -0.2) is 0 Å². The fourth-order valence-electron chi connectivity index (χ4n) is 3.09. The molecule has 0 spiro atoms. The summed E-state index contributed by atoms with van der Waals surface area (Å²) in [7, 11) is 0. The quantitative estimate of drug-likeness (QED) is 0.781. The van der Waals surface area contributed by atoms with Crippen LogP contribution in [0.15, 0.2) is 42.7 Å². The summed E-state index contributed by atoms with van der Waals surface area (Å²) in [6, 6.07) is 11.6. The van der Waals surface area contributed by atoms with Gasteiger partial charge in [-0.15, -0.1) is 0 Å². The van der Waals surface area contributed by atoms with Crippen LogP contribution < -0.4 is 4.90 Å². The second-order valence-electron chi connectivity index (χ2n) is 5.60. The standard InChI is InChI=1S/C17H22N2/c1-14-13-16(18-10-5-6-11-18)8-9-17(14)19-12-4-3-7-15(19)2/h5-6,8-11,13,15H,3-4,7,12H2,1-2H3. The van der Waals surface area contributed by atoms with E-state index in [1.54, 1.807) is 0 Å². The lowest BCUT2D eigenvalue weighted by molar-refractivity contribution is 0.484. The molecule has 100 valence electrons. The molecule has 1 atom stereocenters. The maximum atomic E-state index is 2.57. The Labute approximate surface area is 115 Å². The number of anilines is 1. The highest BCUT2D eigenvalue weighted by atomic mass is 15.2. The van der Waals surface area contributed by atoms with E-state index in [2.05, 4.69) is 66.0 Å². The van der Waals surface area contributed by atoms with Gasteiger partial charge in [0.1, 0.15) is 0 Å². The van der Waals surface area contributed by atoms with Crippen LogP contribution in [0.25, 0.3) is 5.69 Å². The van der Waals surface area contributed by atoms with Crippen molar-refractivity contribution in [3.8, 4) is 5.69 Å². The fourth-order valence-corrected chi connectivity index (χ4v) is 3.09. The molecule has 0 radical (unpaired) electrons. The summed E-state index contributed by atoms with van der Waals surface area (Å²) in [6.45, 7) is 5.77. The van der Waals surface area contributed by atoms with Crippen LogP contribution in [0, 0.1) is 6.92 Å². The predicted octanol–water partition coefficient (Wildman–Crippen LogP) is 4.16. The monoisotopic (exact) mass is 254 g/mol. The lowest BCUT2D eigenvalue weighted by Crippen LogP contribution is -2.37. The Kier molecular flexibility index (Phi) is 3.33. The van der Waals surface area contributed by atoms with E-state index in [-0.39, 0.29) is 0 Å². The van der Waals surface area contributed by atoms with Gasteiger partial charge in [-0.05, 0) is 69.0 Å². The minimum atomic E-state index is 0.671. The molecular formula is C17H22N2. The van der Waals surface area contributed by atoms with Crippen molar-refractivity contribution in [2.45, 2.75) is 39.2 Å². The van der Waals surface area contributed by atoms with Crippen LogP contribution in [0.1, 0.15) is 31.7 Å². The first-order valence-corrected chi connectivity index (χ1v) is 7.26. The van der Waals surface area contributed by atoms with Gasteiger partial charge in [0.25, 0.3) is 0 Å². The Bertz CT molecular complexity index is 542. The molecule has 3 rings (SSSR count). The lowest BCUT2D eigenvalue weighted by atomic mass is 10.0. The van der Waals surface area contributed by atoms with Crippen molar-refractivity contribution in [2.75, 3.05) is 11.4 Å². The molecule has 1 fully saturated rings. The van der Waals surface area contributed by atoms with Gasteiger partial charge in [-0.2, -0.15) is 0 Å². The largest absolute Gasteiger partial charge is 0.369 e. The van der Waals surface area contributed by atoms with Crippen molar-refractivity contribution < 1.29 is 0 Å². The van der Waals surface area contributed by atoms with Gasteiger partial charge in [0.2, 0.25) is 0 Å². The number of hydrogen-bond acceptors (Lipinski definition) is 1. The Morgan fingerprint density at radius 1 is 1.11 bits per heavy atom. The van der Waals surface area contributed by atoms with E-state index >= 15 is 0 Å². The molecule has 1 aliphatic heterocycles. The third-order valence-corrected chi connectivity index (χ3v) is 4.20. The molecule has 0 bridgehead atoms. The molecule has 2 aromatic rings. The Morgan fingerprint density at radius 3 is 2.58 bits per heavy atom. The first-order chi connectivity index (χ1) is 9.25. The van der Waals surface area contributed by atoms with E-state index in [0.29, 0.717) is 6.04 Å². The van der Waals surface area contributed by atoms with E-state index in [1.165, 1.54) is 42.7 Å². The molecule has 1 aliphatic rings. The molecular weight excluding hydrogens is 232 g/mol. The van der Waals surface area contributed by atoms with Gasteiger partial charge in [0.15, 0.2) is 0 Å². The van der Waals surface area contributed by atoms with Crippen LogP contribution in [0.5, 0.6) is 0 Å². The number of aryl methyl sites for hydroxylation is 1. The highest BCUT2D eigenvalue weighted by molar-refractivity contribution is 5.58. The summed E-state index contributed by atoms with van der Waals surface area (Å²) < 4.78 is 2.16.